The highest BCUT2D eigenvalue weighted by atomic mass is 16.5. The number of rotatable bonds is 13. The van der Waals surface area contributed by atoms with E-state index in [0.29, 0.717) is 53.9 Å². The second-order valence-corrected chi connectivity index (χ2v) is 6.06. The summed E-state index contributed by atoms with van der Waals surface area (Å²) in [6, 6.07) is 4.83. The summed E-state index contributed by atoms with van der Waals surface area (Å²) in [6.45, 7) is 11.2. The Morgan fingerprint density at radius 3 is 1.82 bits per heavy atom. The van der Waals surface area contributed by atoms with Gasteiger partial charge in [-0.2, -0.15) is 0 Å². The van der Waals surface area contributed by atoms with Crippen LogP contribution in [-0.2, 0) is 19.1 Å². The van der Waals surface area contributed by atoms with Crippen molar-refractivity contribution in [2.45, 2.75) is 26.7 Å². The van der Waals surface area contributed by atoms with Crippen molar-refractivity contribution in [1.29, 1.82) is 0 Å². The average molecular weight is 390 g/mol. The van der Waals surface area contributed by atoms with Crippen LogP contribution >= 0.6 is 0 Å². The third kappa shape index (κ3) is 8.53. The molecule has 0 fully saturated rings. The molecule has 0 radical (unpaired) electrons. The third-order valence-corrected chi connectivity index (χ3v) is 3.36. The van der Waals surface area contributed by atoms with Gasteiger partial charge in [0.25, 0.3) is 0 Å². The van der Waals surface area contributed by atoms with E-state index in [2.05, 4.69) is 13.2 Å². The quantitative estimate of drug-likeness (QED) is 0.221. The van der Waals surface area contributed by atoms with E-state index < -0.39 is 11.9 Å². The molecule has 0 atom stereocenters. The summed E-state index contributed by atoms with van der Waals surface area (Å²) in [6.07, 6.45) is 1.67. The lowest BCUT2D eigenvalue weighted by molar-refractivity contribution is -0.140. The maximum Gasteiger partial charge on any atom is 0.333 e. The van der Waals surface area contributed by atoms with Crippen LogP contribution in [0.2, 0.25) is 0 Å². The van der Waals surface area contributed by atoms with E-state index in [4.69, 9.17) is 18.9 Å². The van der Waals surface area contributed by atoms with Crippen molar-refractivity contribution < 1.29 is 33.3 Å². The molecule has 7 nitrogen and oxygen atoms in total. The first kappa shape index (κ1) is 23.0. The van der Waals surface area contributed by atoms with Crippen LogP contribution in [0.3, 0.4) is 0 Å². The number of aldehydes is 1. The van der Waals surface area contributed by atoms with Crippen molar-refractivity contribution in [3.8, 4) is 11.5 Å². The molecule has 1 aromatic rings. The van der Waals surface area contributed by atoms with Gasteiger partial charge in [0, 0.05) is 29.6 Å². The molecule has 1 aromatic carbocycles. The van der Waals surface area contributed by atoms with Gasteiger partial charge in [-0.1, -0.05) is 13.2 Å². The van der Waals surface area contributed by atoms with Gasteiger partial charge in [-0.3, -0.25) is 4.79 Å². The first-order valence-corrected chi connectivity index (χ1v) is 8.85. The number of carbonyl (C=O) groups is 3. The minimum absolute atomic E-state index is 0.198. The summed E-state index contributed by atoms with van der Waals surface area (Å²) in [4.78, 5) is 33.6. The van der Waals surface area contributed by atoms with Gasteiger partial charge in [-0.15, -0.1) is 0 Å². The van der Waals surface area contributed by atoms with E-state index >= 15 is 0 Å². The Balaban J connectivity index is 2.47. The molecular formula is C21H26O7. The molecule has 0 aliphatic rings. The second-order valence-electron chi connectivity index (χ2n) is 6.06. The van der Waals surface area contributed by atoms with Gasteiger partial charge in [-0.05, 0) is 32.0 Å². The molecule has 0 aromatic heterocycles. The molecule has 0 bridgehead atoms. The topological polar surface area (TPSA) is 88.1 Å². The van der Waals surface area contributed by atoms with Crippen LogP contribution in [0, 0.1) is 0 Å². The highest BCUT2D eigenvalue weighted by Crippen LogP contribution is 2.28. The minimum Gasteiger partial charge on any atom is -0.490 e. The molecule has 0 amide bonds. The fraction of sp³-hybridized carbons (Fsp3) is 0.381. The van der Waals surface area contributed by atoms with E-state index in [1.807, 2.05) is 0 Å². The van der Waals surface area contributed by atoms with Crippen LogP contribution in [0.1, 0.15) is 37.0 Å². The van der Waals surface area contributed by atoms with Crippen LogP contribution < -0.4 is 9.47 Å². The third-order valence-electron chi connectivity index (χ3n) is 3.36. The molecule has 0 spiro atoms. The Hall–Kier alpha value is -3.09. The van der Waals surface area contributed by atoms with Crippen LogP contribution in [0.4, 0.5) is 0 Å². The largest absolute Gasteiger partial charge is 0.490 e. The molecule has 28 heavy (non-hydrogen) atoms. The second kappa shape index (κ2) is 12.3. The van der Waals surface area contributed by atoms with Crippen molar-refractivity contribution in [3.05, 3.63) is 48.1 Å². The van der Waals surface area contributed by atoms with E-state index in [1.165, 1.54) is 0 Å². The van der Waals surface area contributed by atoms with Crippen molar-refractivity contribution >= 4 is 18.2 Å². The highest BCUT2D eigenvalue weighted by Gasteiger charge is 2.09. The fourth-order valence-electron chi connectivity index (χ4n) is 1.89. The predicted molar refractivity (Wildman–Crippen MR) is 104 cm³/mol. The molecule has 0 unspecified atom stereocenters. The van der Waals surface area contributed by atoms with Crippen LogP contribution in [0.5, 0.6) is 11.5 Å². The Bertz CT molecular complexity index is 721. The van der Waals surface area contributed by atoms with Crippen LogP contribution in [0.25, 0.3) is 0 Å². The molecule has 0 aliphatic carbocycles. The monoisotopic (exact) mass is 390 g/mol. The van der Waals surface area contributed by atoms with E-state index in [-0.39, 0.29) is 19.8 Å². The summed E-state index contributed by atoms with van der Waals surface area (Å²) in [7, 11) is 0. The molecule has 0 heterocycles. The molecular weight excluding hydrogens is 364 g/mol. The smallest absolute Gasteiger partial charge is 0.333 e. The summed E-state index contributed by atoms with van der Waals surface area (Å²) in [5.74, 6) is -0.00320. The van der Waals surface area contributed by atoms with Gasteiger partial charge in [0.1, 0.15) is 6.29 Å². The summed E-state index contributed by atoms with van der Waals surface area (Å²) in [5, 5.41) is 0. The molecule has 0 N–H and O–H groups in total. The predicted octanol–water partition coefficient (Wildman–Crippen LogP) is 3.28. The van der Waals surface area contributed by atoms with Crippen molar-refractivity contribution in [3.63, 3.8) is 0 Å². The van der Waals surface area contributed by atoms with Crippen molar-refractivity contribution in [2.75, 3.05) is 26.4 Å². The number of ether oxygens (including phenoxy) is 4. The van der Waals surface area contributed by atoms with Crippen LogP contribution in [-0.4, -0.2) is 44.7 Å². The molecule has 0 saturated heterocycles. The van der Waals surface area contributed by atoms with E-state index in [0.717, 1.165) is 0 Å². The fourth-order valence-corrected chi connectivity index (χ4v) is 1.89. The SMILES string of the molecule is C=C(C)C(=O)OCCCOc1ccc(C=O)cc1OCCCOC(=O)C(=C)C. The van der Waals surface area contributed by atoms with E-state index in [1.54, 1.807) is 32.0 Å². The van der Waals surface area contributed by atoms with Crippen LogP contribution in [0.15, 0.2) is 42.5 Å². The van der Waals surface area contributed by atoms with Gasteiger partial charge < -0.3 is 18.9 Å². The average Bonchev–Trinajstić information content (AvgIpc) is 2.67. The van der Waals surface area contributed by atoms with Crippen molar-refractivity contribution in [1.82, 2.24) is 0 Å². The summed E-state index contributed by atoms with van der Waals surface area (Å²) in [5.41, 5.74) is 1.13. The number of hydrogen-bond acceptors (Lipinski definition) is 7. The maximum atomic E-state index is 11.3. The highest BCUT2D eigenvalue weighted by molar-refractivity contribution is 5.87. The normalized spacial score (nSPS) is 9.93. The lowest BCUT2D eigenvalue weighted by Crippen LogP contribution is -2.11. The number of esters is 2. The molecule has 1 rings (SSSR count). The van der Waals surface area contributed by atoms with Gasteiger partial charge in [0.2, 0.25) is 0 Å². The Morgan fingerprint density at radius 2 is 1.36 bits per heavy atom. The standard InChI is InChI=1S/C21H26O7/c1-15(2)20(23)27-11-5-9-25-18-8-7-17(14-22)13-19(18)26-10-6-12-28-21(24)16(3)4/h7-8,13-14H,1,3,5-6,9-12H2,2,4H3. The molecule has 152 valence electrons. The first-order valence-electron chi connectivity index (χ1n) is 8.85. The zero-order valence-electron chi connectivity index (χ0n) is 16.3. The minimum atomic E-state index is -0.445. The molecule has 0 aliphatic heterocycles. The molecule has 7 heteroatoms. The van der Waals surface area contributed by atoms with Crippen molar-refractivity contribution in [2.24, 2.45) is 0 Å². The zero-order valence-corrected chi connectivity index (χ0v) is 16.3. The maximum absolute atomic E-state index is 11.3. The Labute approximate surface area is 164 Å². The first-order chi connectivity index (χ1) is 13.3. The lowest BCUT2D eigenvalue weighted by Gasteiger charge is -2.13. The van der Waals surface area contributed by atoms with E-state index in [9.17, 15) is 14.4 Å². The van der Waals surface area contributed by atoms with Gasteiger partial charge in [-0.25, -0.2) is 9.59 Å². The number of carbonyl (C=O) groups excluding carboxylic acids is 3. The lowest BCUT2D eigenvalue weighted by atomic mass is 10.2. The molecule has 0 saturated carbocycles. The Kier molecular flexibility index (Phi) is 10.1. The summed E-state index contributed by atoms with van der Waals surface area (Å²) >= 11 is 0. The van der Waals surface area contributed by atoms with Gasteiger partial charge >= 0.3 is 11.9 Å². The Morgan fingerprint density at radius 1 is 0.857 bits per heavy atom. The van der Waals surface area contributed by atoms with Gasteiger partial charge in [0.05, 0.1) is 26.4 Å². The zero-order chi connectivity index (χ0) is 20.9. The number of benzene rings is 1. The number of hydrogen-bond donors (Lipinski definition) is 0. The summed E-state index contributed by atoms with van der Waals surface area (Å²) < 4.78 is 21.3. The van der Waals surface area contributed by atoms with Gasteiger partial charge in [0.15, 0.2) is 11.5 Å².